The summed E-state index contributed by atoms with van der Waals surface area (Å²) in [4.78, 5) is 10.0. The normalized spacial score (nSPS) is 11.5. The Kier molecular flexibility index (Phi) is 3.45. The quantitative estimate of drug-likeness (QED) is 0.857. The molecule has 0 amide bonds. The summed E-state index contributed by atoms with van der Waals surface area (Å²) in [5, 5.41) is 0.935. The van der Waals surface area contributed by atoms with Crippen LogP contribution in [0.15, 0.2) is 24.5 Å². The molecule has 5 heteroatoms. The lowest BCUT2D eigenvalue weighted by molar-refractivity contribution is 0.572. The number of thiazole rings is 1. The van der Waals surface area contributed by atoms with Gasteiger partial charge in [-0.15, -0.1) is 11.3 Å². The number of hydrogen-bond donors (Lipinski definition) is 1. The monoisotopic (exact) mass is 277 g/mol. The van der Waals surface area contributed by atoms with E-state index in [0.717, 1.165) is 21.1 Å². The van der Waals surface area contributed by atoms with E-state index in [2.05, 4.69) is 25.8 Å². The molecule has 2 N–H and O–H groups in total. The molecule has 0 fully saturated rings. The van der Waals surface area contributed by atoms with Crippen molar-refractivity contribution in [3.05, 3.63) is 35.1 Å². The number of aromatic nitrogens is 2. The van der Waals surface area contributed by atoms with Gasteiger partial charge in [-0.3, -0.25) is 4.98 Å². The maximum absolute atomic E-state index is 5.79. The van der Waals surface area contributed by atoms with Crippen molar-refractivity contribution in [1.82, 2.24) is 9.97 Å². The molecule has 0 atom stereocenters. The molecule has 2 heterocycles. The van der Waals surface area contributed by atoms with Crippen LogP contribution in [-0.4, -0.2) is 15.0 Å². The molecule has 2 aromatic rings. The van der Waals surface area contributed by atoms with Gasteiger partial charge in [-0.1, -0.05) is 33.0 Å². The van der Waals surface area contributed by atoms with Crippen LogP contribution in [0.2, 0.25) is 0 Å². The van der Waals surface area contributed by atoms with Crippen molar-refractivity contribution in [2.45, 2.75) is 26.2 Å². The third-order valence-corrected chi connectivity index (χ3v) is 3.96. The zero-order valence-electron chi connectivity index (χ0n) is 10.6. The molecule has 0 aliphatic heterocycles. The average Bonchev–Trinajstić information content (AvgIpc) is 2.74. The van der Waals surface area contributed by atoms with Crippen LogP contribution in [0.25, 0.3) is 10.6 Å². The van der Waals surface area contributed by atoms with Gasteiger partial charge in [0.05, 0.1) is 10.6 Å². The second kappa shape index (κ2) is 4.74. The lowest BCUT2D eigenvalue weighted by Gasteiger charge is -2.16. The number of thiocarbonyl (C=S) groups is 1. The maximum atomic E-state index is 5.79. The molecule has 94 valence electrons. The number of hydrogen-bond acceptors (Lipinski definition) is 4. The third kappa shape index (κ3) is 2.57. The van der Waals surface area contributed by atoms with E-state index in [0.29, 0.717) is 4.99 Å². The van der Waals surface area contributed by atoms with E-state index in [-0.39, 0.29) is 5.41 Å². The second-order valence-electron chi connectivity index (χ2n) is 5.05. The molecule has 0 spiro atoms. The van der Waals surface area contributed by atoms with E-state index in [1.54, 1.807) is 23.7 Å². The van der Waals surface area contributed by atoms with Crippen LogP contribution in [0.3, 0.4) is 0 Å². The van der Waals surface area contributed by atoms with E-state index in [1.165, 1.54) is 0 Å². The minimum Gasteiger partial charge on any atom is -0.389 e. The van der Waals surface area contributed by atoms with Gasteiger partial charge in [0.25, 0.3) is 0 Å². The molecule has 3 nitrogen and oxygen atoms in total. The molecule has 0 aliphatic rings. The Labute approximate surface area is 116 Å². The molecular formula is C13H15N3S2. The first-order valence-electron chi connectivity index (χ1n) is 5.61. The molecule has 2 aromatic heterocycles. The summed E-state index contributed by atoms with van der Waals surface area (Å²) in [6, 6.07) is 3.88. The Morgan fingerprint density at radius 2 is 1.89 bits per heavy atom. The van der Waals surface area contributed by atoms with Gasteiger partial charge in [0.1, 0.15) is 10.00 Å². The zero-order valence-corrected chi connectivity index (χ0v) is 12.2. The van der Waals surface area contributed by atoms with E-state index >= 15 is 0 Å². The number of rotatable bonds is 2. The fraction of sp³-hybridized carbons (Fsp3) is 0.308. The first kappa shape index (κ1) is 13.1. The van der Waals surface area contributed by atoms with Crippen molar-refractivity contribution in [1.29, 1.82) is 0 Å². The highest BCUT2D eigenvalue weighted by Gasteiger charge is 2.24. The zero-order chi connectivity index (χ0) is 13.3. The number of nitrogens with zero attached hydrogens (tertiary/aromatic N) is 2. The number of pyridine rings is 1. The summed E-state index contributed by atoms with van der Waals surface area (Å²) in [7, 11) is 0. The Bertz CT molecular complexity index is 568. The van der Waals surface area contributed by atoms with E-state index in [9.17, 15) is 0 Å². The Hall–Kier alpha value is -1.33. The molecule has 0 aliphatic carbocycles. The van der Waals surface area contributed by atoms with Crippen molar-refractivity contribution < 1.29 is 0 Å². The van der Waals surface area contributed by atoms with Gasteiger partial charge in [0, 0.05) is 23.4 Å². The lowest BCUT2D eigenvalue weighted by Crippen LogP contribution is -2.19. The van der Waals surface area contributed by atoms with Crippen molar-refractivity contribution in [2.24, 2.45) is 5.73 Å². The van der Waals surface area contributed by atoms with E-state index < -0.39 is 0 Å². The van der Waals surface area contributed by atoms with Crippen LogP contribution in [0, 0.1) is 0 Å². The van der Waals surface area contributed by atoms with Crippen molar-refractivity contribution in [3.63, 3.8) is 0 Å². The fourth-order valence-corrected chi connectivity index (χ4v) is 2.97. The van der Waals surface area contributed by atoms with Gasteiger partial charge in [-0.05, 0) is 12.1 Å². The lowest BCUT2D eigenvalue weighted by atomic mass is 9.91. The highest BCUT2D eigenvalue weighted by Crippen LogP contribution is 2.34. The SMILES string of the molecule is CC(C)(C)c1nc(-c2ccncc2)sc1C(N)=S. The molecule has 0 aromatic carbocycles. The van der Waals surface area contributed by atoms with E-state index in [4.69, 9.17) is 22.9 Å². The second-order valence-corrected chi connectivity index (χ2v) is 6.49. The summed E-state index contributed by atoms with van der Waals surface area (Å²) < 4.78 is 0. The van der Waals surface area contributed by atoms with Crippen LogP contribution < -0.4 is 5.73 Å². The molecular weight excluding hydrogens is 262 g/mol. The van der Waals surface area contributed by atoms with Gasteiger partial charge in [-0.25, -0.2) is 4.98 Å². The summed E-state index contributed by atoms with van der Waals surface area (Å²) in [5.74, 6) is 0. The largest absolute Gasteiger partial charge is 0.389 e. The summed E-state index contributed by atoms with van der Waals surface area (Å²) in [6.45, 7) is 6.33. The van der Waals surface area contributed by atoms with Gasteiger partial charge in [-0.2, -0.15) is 0 Å². The van der Waals surface area contributed by atoms with Gasteiger partial charge < -0.3 is 5.73 Å². The Morgan fingerprint density at radius 3 is 2.33 bits per heavy atom. The minimum absolute atomic E-state index is 0.0689. The highest BCUT2D eigenvalue weighted by atomic mass is 32.1. The van der Waals surface area contributed by atoms with Crippen molar-refractivity contribution in [3.8, 4) is 10.6 Å². The fourth-order valence-electron chi connectivity index (χ4n) is 1.61. The van der Waals surface area contributed by atoms with Crippen molar-refractivity contribution in [2.75, 3.05) is 0 Å². The number of nitrogens with two attached hydrogens (primary N) is 1. The molecule has 0 bridgehead atoms. The van der Waals surface area contributed by atoms with Crippen molar-refractivity contribution >= 4 is 28.5 Å². The first-order valence-corrected chi connectivity index (χ1v) is 6.83. The predicted octanol–water partition coefficient (Wildman–Crippen LogP) is 3.14. The Morgan fingerprint density at radius 1 is 1.28 bits per heavy atom. The van der Waals surface area contributed by atoms with E-state index in [1.807, 2.05) is 12.1 Å². The van der Waals surface area contributed by atoms with Gasteiger partial charge in [0.2, 0.25) is 0 Å². The molecule has 0 unspecified atom stereocenters. The first-order chi connectivity index (χ1) is 8.39. The highest BCUT2D eigenvalue weighted by molar-refractivity contribution is 7.81. The molecule has 18 heavy (non-hydrogen) atoms. The smallest absolute Gasteiger partial charge is 0.124 e. The average molecular weight is 277 g/mol. The minimum atomic E-state index is -0.0689. The predicted molar refractivity (Wildman–Crippen MR) is 79.9 cm³/mol. The molecule has 0 saturated carbocycles. The summed E-state index contributed by atoms with van der Waals surface area (Å²) in [6.07, 6.45) is 3.52. The third-order valence-electron chi connectivity index (χ3n) is 2.49. The summed E-state index contributed by atoms with van der Waals surface area (Å²) in [5.41, 5.74) is 7.73. The molecule has 2 rings (SSSR count). The molecule has 0 saturated heterocycles. The van der Waals surface area contributed by atoms with Crippen LogP contribution in [0.5, 0.6) is 0 Å². The van der Waals surface area contributed by atoms with Crippen LogP contribution >= 0.6 is 23.6 Å². The van der Waals surface area contributed by atoms with Gasteiger partial charge in [0.15, 0.2) is 0 Å². The Balaban J connectivity index is 2.57. The van der Waals surface area contributed by atoms with Crippen LogP contribution in [-0.2, 0) is 5.41 Å². The maximum Gasteiger partial charge on any atom is 0.124 e. The van der Waals surface area contributed by atoms with Crippen LogP contribution in [0.4, 0.5) is 0 Å². The summed E-state index contributed by atoms with van der Waals surface area (Å²) >= 11 is 6.66. The van der Waals surface area contributed by atoms with Crippen LogP contribution in [0.1, 0.15) is 31.3 Å². The standard InChI is InChI=1S/C13H15N3S2/c1-13(2,3)10-9(11(14)17)18-12(16-10)8-4-6-15-7-5-8/h4-7H,1-3H3,(H2,14,17). The van der Waals surface area contributed by atoms with Gasteiger partial charge >= 0.3 is 0 Å². The molecule has 0 radical (unpaired) electrons. The topological polar surface area (TPSA) is 51.8 Å².